The second-order valence-corrected chi connectivity index (χ2v) is 17.3. The number of aliphatic hydroxyl groups is 2. The molecule has 3 heterocycles. The van der Waals surface area contributed by atoms with Crippen LogP contribution in [0.3, 0.4) is 0 Å². The molecule has 10 N–H and O–H groups in total. The molecule has 2 aromatic rings. The summed E-state index contributed by atoms with van der Waals surface area (Å²) < 4.78 is 62.0. The third-order valence-electron chi connectivity index (χ3n) is 7.18. The van der Waals surface area contributed by atoms with Crippen molar-refractivity contribution in [1.82, 2.24) is 30.2 Å². The molecule has 0 aliphatic carbocycles. The largest absolute Gasteiger partial charge is 0.481 e. The van der Waals surface area contributed by atoms with Gasteiger partial charge in [0.2, 0.25) is 11.8 Å². The highest BCUT2D eigenvalue weighted by atomic mass is 32.2. The highest BCUT2D eigenvalue weighted by Crippen LogP contribution is 2.61. The number of nitrogens with zero attached hydrogens (tertiary/aromatic N) is 4. The van der Waals surface area contributed by atoms with Crippen molar-refractivity contribution < 1.29 is 80.5 Å². The van der Waals surface area contributed by atoms with Gasteiger partial charge < -0.3 is 50.9 Å². The predicted octanol–water partition coefficient (Wildman–Crippen LogP) is -0.604. The molecule has 2 aromatic heterocycles. The van der Waals surface area contributed by atoms with Crippen molar-refractivity contribution in [3.8, 4) is 0 Å². The molecular formula is C26H40N7O17P3S. The van der Waals surface area contributed by atoms with Crippen molar-refractivity contribution in [2.45, 2.75) is 57.3 Å². The number of hydrogen-bond donors (Lipinski definition) is 9. The van der Waals surface area contributed by atoms with Gasteiger partial charge in [-0.05, 0) is 6.08 Å². The Morgan fingerprint density at radius 3 is 2.48 bits per heavy atom. The van der Waals surface area contributed by atoms with Crippen LogP contribution in [0.1, 0.15) is 32.9 Å². The maximum absolute atomic E-state index is 12.6. The molecule has 28 heteroatoms. The smallest absolute Gasteiger partial charge is 0.386 e. The summed E-state index contributed by atoms with van der Waals surface area (Å²) in [6.45, 7) is 3.80. The molecular weight excluding hydrogens is 807 g/mol. The maximum Gasteiger partial charge on any atom is 0.481 e. The van der Waals surface area contributed by atoms with Crippen LogP contribution in [0.25, 0.3) is 11.2 Å². The molecule has 7 atom stereocenters. The number of nitrogen functional groups attached to an aromatic ring is 1. The summed E-state index contributed by atoms with van der Waals surface area (Å²) in [6.07, 6.45) is -5.30. The normalized spacial score (nSPS) is 21.8. The summed E-state index contributed by atoms with van der Waals surface area (Å²) in [7, 11) is -16.4. The van der Waals surface area contributed by atoms with Gasteiger partial charge in [-0.15, -0.1) is 5.73 Å². The van der Waals surface area contributed by atoms with Gasteiger partial charge in [0.05, 0.1) is 19.5 Å². The first-order valence-electron chi connectivity index (χ1n) is 15.4. The van der Waals surface area contributed by atoms with E-state index in [-0.39, 0.29) is 48.0 Å². The molecule has 302 valence electrons. The third-order valence-corrected chi connectivity index (χ3v) is 11.2. The first-order chi connectivity index (χ1) is 25.1. The van der Waals surface area contributed by atoms with Crippen LogP contribution in [-0.4, -0.2) is 123 Å². The zero-order valence-corrected chi connectivity index (χ0v) is 32.1. The van der Waals surface area contributed by atoms with Crippen molar-refractivity contribution in [3.05, 3.63) is 31.0 Å². The Morgan fingerprint density at radius 1 is 1.13 bits per heavy atom. The minimum atomic E-state index is -5.57. The van der Waals surface area contributed by atoms with E-state index in [1.54, 1.807) is 0 Å². The van der Waals surface area contributed by atoms with Crippen molar-refractivity contribution >= 4 is 69.1 Å². The van der Waals surface area contributed by atoms with E-state index in [1.165, 1.54) is 19.9 Å². The lowest BCUT2D eigenvalue weighted by Crippen LogP contribution is -2.46. The highest BCUT2D eigenvalue weighted by Gasteiger charge is 2.50. The number of phosphoric ester groups is 3. The van der Waals surface area contributed by atoms with Crippen molar-refractivity contribution in [3.63, 3.8) is 0 Å². The second-order valence-electron chi connectivity index (χ2n) is 11.9. The van der Waals surface area contributed by atoms with Gasteiger partial charge in [-0.1, -0.05) is 32.2 Å². The van der Waals surface area contributed by atoms with Crippen LogP contribution < -0.4 is 16.4 Å². The fraction of sp³-hybridized carbons (Fsp3) is 0.577. The van der Waals surface area contributed by atoms with Crippen molar-refractivity contribution in [2.24, 2.45) is 5.41 Å². The van der Waals surface area contributed by atoms with E-state index in [9.17, 15) is 57.9 Å². The predicted molar refractivity (Wildman–Crippen MR) is 185 cm³/mol. The first kappa shape index (κ1) is 45.5. The lowest BCUT2D eigenvalue weighted by molar-refractivity contribution is -0.137. The number of thioether (sulfide) groups is 1. The van der Waals surface area contributed by atoms with E-state index in [1.807, 2.05) is 0 Å². The Morgan fingerprint density at radius 2 is 1.81 bits per heavy atom. The number of anilines is 1. The first-order valence-corrected chi connectivity index (χ1v) is 21.0. The maximum atomic E-state index is 12.6. The Balaban J connectivity index is 1.51. The summed E-state index contributed by atoms with van der Waals surface area (Å²) in [5.41, 5.74) is 6.73. The monoisotopic (exact) mass is 847 g/mol. The average Bonchev–Trinajstić information content (AvgIpc) is 3.63. The molecule has 0 spiro atoms. The molecule has 2 amide bonds. The van der Waals surface area contributed by atoms with Crippen molar-refractivity contribution in [2.75, 3.05) is 37.8 Å². The number of imidazole rings is 1. The highest BCUT2D eigenvalue weighted by molar-refractivity contribution is 8.13. The summed E-state index contributed by atoms with van der Waals surface area (Å²) in [4.78, 5) is 86.9. The molecule has 2 unspecified atom stereocenters. The fourth-order valence-corrected chi connectivity index (χ4v) is 7.97. The topological polar surface area (TPSA) is 364 Å². The number of ether oxygens (including phenoxy) is 1. The van der Waals surface area contributed by atoms with Gasteiger partial charge in [-0.2, -0.15) is 4.31 Å². The molecule has 1 aliphatic heterocycles. The number of aromatic nitrogens is 4. The molecule has 0 saturated carbocycles. The number of phosphoric acid groups is 3. The number of nitrogens with one attached hydrogen (secondary N) is 2. The van der Waals surface area contributed by atoms with Gasteiger partial charge in [0, 0.05) is 37.1 Å². The number of rotatable bonds is 21. The van der Waals surface area contributed by atoms with E-state index < -0.39 is 84.6 Å². The lowest BCUT2D eigenvalue weighted by atomic mass is 9.87. The number of aliphatic hydroxyl groups excluding tert-OH is 2. The van der Waals surface area contributed by atoms with Crippen LogP contribution in [0.4, 0.5) is 5.82 Å². The van der Waals surface area contributed by atoms with Crippen LogP contribution in [0.2, 0.25) is 0 Å². The lowest BCUT2D eigenvalue weighted by Gasteiger charge is -2.30. The van der Waals surface area contributed by atoms with Crippen LogP contribution in [0, 0.1) is 5.41 Å². The molecule has 24 nitrogen and oxygen atoms in total. The zero-order chi connectivity index (χ0) is 40.5. The number of amides is 2. The van der Waals surface area contributed by atoms with Crippen LogP contribution in [0.15, 0.2) is 31.0 Å². The quantitative estimate of drug-likeness (QED) is 0.0430. The summed E-state index contributed by atoms with van der Waals surface area (Å²) in [5.74, 6) is -1.16. The summed E-state index contributed by atoms with van der Waals surface area (Å²) in [5, 5.41) is 26.1. The zero-order valence-electron chi connectivity index (χ0n) is 28.6. The van der Waals surface area contributed by atoms with Crippen LogP contribution >= 0.6 is 35.2 Å². The minimum Gasteiger partial charge on any atom is -0.386 e. The Labute approximate surface area is 310 Å². The number of fused-ring (bicyclic) bond motifs is 1. The number of carbonyl (C=O) groups is 3. The van der Waals surface area contributed by atoms with Gasteiger partial charge in [-0.3, -0.25) is 32.5 Å². The van der Waals surface area contributed by atoms with E-state index in [4.69, 9.17) is 19.5 Å². The molecule has 0 radical (unpaired) electrons. The number of carbonyl (C=O) groups excluding carboxylic acids is 3. The molecule has 54 heavy (non-hydrogen) atoms. The van der Waals surface area contributed by atoms with Gasteiger partial charge in [0.15, 0.2) is 22.8 Å². The van der Waals surface area contributed by atoms with Gasteiger partial charge >= 0.3 is 23.5 Å². The van der Waals surface area contributed by atoms with E-state index >= 15 is 0 Å². The van der Waals surface area contributed by atoms with E-state index in [0.717, 1.165) is 29.0 Å². The summed E-state index contributed by atoms with van der Waals surface area (Å²) in [6, 6.07) is 0. The van der Waals surface area contributed by atoms with E-state index in [2.05, 4.69) is 46.7 Å². The SMILES string of the molecule is C=C=CCC(=O)SCCNC(=O)CCNC(=O)[C@H](O)C(C)(C)COP(=O)(O)OP(=O)(O)OC[C@H]1O[C@@H](n2cnc3c(N)ncnc32)[C@H](O)[C@@H]1OP(=O)(O)O. The Hall–Kier alpha value is -2.92. The number of allylic oxidation sites excluding steroid dienone is 1. The Kier molecular flexibility index (Phi) is 16.2. The molecule has 1 saturated heterocycles. The van der Waals surface area contributed by atoms with Gasteiger partial charge in [-0.25, -0.2) is 28.6 Å². The fourth-order valence-electron chi connectivity index (χ4n) is 4.51. The van der Waals surface area contributed by atoms with Gasteiger partial charge in [0.25, 0.3) is 0 Å². The average molecular weight is 848 g/mol. The standard InChI is InChI=1S/C26H40N7O17P3S/c1-4-5-6-17(35)54-10-9-28-16(34)7-8-29-24(38)21(37)26(2,3)12-47-53(44,45)50-52(42,43)46-11-15-20(49-51(39,40)41)19(36)25(48-15)33-14-32-18-22(27)30-13-31-23(18)33/h5,13-15,19-21,25,36-37H,1,6-12H2,2-3H3,(H,28,34)(H,29,38)(H,42,43)(H,44,45)(H2,27,30,31)(H2,39,40,41)/t15-,19-,20-,21+,25-/m1/s1. The molecule has 1 fully saturated rings. The van der Waals surface area contributed by atoms with Crippen LogP contribution in [0.5, 0.6) is 0 Å². The molecule has 3 rings (SSSR count). The number of hydrogen-bond acceptors (Lipinski definition) is 18. The third kappa shape index (κ3) is 13.7. The molecule has 1 aliphatic rings. The molecule has 0 bridgehead atoms. The minimum absolute atomic E-state index is 0.0284. The van der Waals surface area contributed by atoms with Crippen molar-refractivity contribution in [1.29, 1.82) is 0 Å². The number of nitrogens with two attached hydrogens (primary N) is 1. The van der Waals surface area contributed by atoms with Gasteiger partial charge in [0.1, 0.15) is 36.3 Å². The summed E-state index contributed by atoms with van der Waals surface area (Å²) >= 11 is 1.01. The second kappa shape index (κ2) is 19.3. The van der Waals surface area contributed by atoms with Crippen LogP contribution in [-0.2, 0) is 50.7 Å². The molecule has 0 aromatic carbocycles. The van der Waals surface area contributed by atoms with E-state index in [0.29, 0.717) is 5.75 Å². The Bertz CT molecular complexity index is 1850.